The van der Waals surface area contributed by atoms with Gasteiger partial charge in [-0.1, -0.05) is 18.2 Å². The molecule has 0 aromatic heterocycles. The standard InChI is InChI=1S/C22H19N3O7/c1-12(26)13-8-17-18(32-11-31-17)9-15(13)23-19(27)10-25-20(28)22(24-21(25)29)6-7-30-16-5-3-2-4-14(16)22/h2-5,8-9H,6-7,10-11H2,1H3,(H,23,27)(H,24,29). The number of carbonyl (C=O) groups is 4. The van der Waals surface area contributed by atoms with E-state index in [9.17, 15) is 19.2 Å². The van der Waals surface area contributed by atoms with Crippen molar-refractivity contribution >= 4 is 29.3 Å². The third kappa shape index (κ3) is 3.03. The molecule has 1 unspecified atom stereocenters. The van der Waals surface area contributed by atoms with Crippen molar-refractivity contribution < 1.29 is 33.4 Å². The molecule has 1 atom stereocenters. The van der Waals surface area contributed by atoms with Crippen molar-refractivity contribution in [2.24, 2.45) is 0 Å². The van der Waals surface area contributed by atoms with Gasteiger partial charge in [0.05, 0.1) is 12.3 Å². The van der Waals surface area contributed by atoms with Crippen LogP contribution in [0, 0.1) is 0 Å². The highest BCUT2D eigenvalue weighted by Crippen LogP contribution is 2.41. The molecule has 2 N–H and O–H groups in total. The first-order chi connectivity index (χ1) is 15.4. The number of urea groups is 1. The fourth-order valence-corrected chi connectivity index (χ4v) is 4.19. The molecule has 0 saturated carbocycles. The number of nitrogens with one attached hydrogen (secondary N) is 2. The van der Waals surface area contributed by atoms with Crippen LogP contribution in [0.2, 0.25) is 0 Å². The number of imide groups is 1. The van der Waals surface area contributed by atoms with Crippen LogP contribution in [0.25, 0.3) is 0 Å². The van der Waals surface area contributed by atoms with Gasteiger partial charge >= 0.3 is 6.03 Å². The van der Waals surface area contributed by atoms with Crippen molar-refractivity contribution in [3.8, 4) is 17.2 Å². The highest BCUT2D eigenvalue weighted by molar-refractivity contribution is 6.11. The molecular weight excluding hydrogens is 418 g/mol. The zero-order valence-electron chi connectivity index (χ0n) is 17.1. The van der Waals surface area contributed by atoms with Gasteiger partial charge < -0.3 is 24.8 Å². The van der Waals surface area contributed by atoms with Gasteiger partial charge in [-0.3, -0.25) is 19.3 Å². The Kier molecular flexibility index (Phi) is 4.50. The van der Waals surface area contributed by atoms with Crippen LogP contribution in [-0.2, 0) is 15.1 Å². The number of Topliss-reactive ketones (excluding diaryl/α,β-unsaturated/α-hetero) is 1. The van der Waals surface area contributed by atoms with Gasteiger partial charge in [-0.2, -0.15) is 0 Å². The first-order valence-corrected chi connectivity index (χ1v) is 10.00. The van der Waals surface area contributed by atoms with E-state index in [1.165, 1.54) is 19.1 Å². The molecule has 2 aromatic carbocycles. The number of anilines is 1. The molecule has 10 nitrogen and oxygen atoms in total. The minimum Gasteiger partial charge on any atom is -0.493 e. The number of hydrogen-bond donors (Lipinski definition) is 2. The van der Waals surface area contributed by atoms with Gasteiger partial charge in [-0.25, -0.2) is 4.79 Å². The summed E-state index contributed by atoms with van der Waals surface area (Å²) in [5.41, 5.74) is -0.267. The predicted octanol–water partition coefficient (Wildman–Crippen LogP) is 1.79. The van der Waals surface area contributed by atoms with Crippen molar-refractivity contribution in [2.75, 3.05) is 25.3 Å². The molecule has 3 aliphatic rings. The SMILES string of the molecule is CC(=O)c1cc2c(cc1NC(=O)CN1C(=O)NC3(CCOc4ccccc43)C1=O)OCO2. The minimum absolute atomic E-state index is 0.0137. The first-order valence-electron chi connectivity index (χ1n) is 10.00. The van der Waals surface area contributed by atoms with Crippen LogP contribution in [0.1, 0.15) is 29.3 Å². The molecular formula is C22H19N3O7. The Bertz CT molecular complexity index is 1180. The number of nitrogens with zero attached hydrogens (tertiary/aromatic N) is 1. The average Bonchev–Trinajstić information content (AvgIpc) is 3.32. The molecule has 0 aliphatic carbocycles. The maximum absolute atomic E-state index is 13.3. The van der Waals surface area contributed by atoms with E-state index in [-0.39, 0.29) is 36.9 Å². The monoisotopic (exact) mass is 437 g/mol. The van der Waals surface area contributed by atoms with Crippen LogP contribution >= 0.6 is 0 Å². The maximum Gasteiger partial charge on any atom is 0.325 e. The second-order valence-electron chi connectivity index (χ2n) is 7.68. The van der Waals surface area contributed by atoms with Crippen molar-refractivity contribution in [3.05, 3.63) is 47.5 Å². The summed E-state index contributed by atoms with van der Waals surface area (Å²) >= 11 is 0. The Labute approximate surface area is 182 Å². The molecule has 0 bridgehead atoms. The van der Waals surface area contributed by atoms with E-state index >= 15 is 0 Å². The van der Waals surface area contributed by atoms with Gasteiger partial charge in [-0.15, -0.1) is 0 Å². The third-order valence-electron chi connectivity index (χ3n) is 5.73. The van der Waals surface area contributed by atoms with E-state index in [0.29, 0.717) is 22.8 Å². The zero-order chi connectivity index (χ0) is 22.5. The number of rotatable bonds is 4. The van der Waals surface area contributed by atoms with Crippen LogP contribution in [0.4, 0.5) is 10.5 Å². The summed E-state index contributed by atoms with van der Waals surface area (Å²) in [4.78, 5) is 51.6. The van der Waals surface area contributed by atoms with Crippen LogP contribution in [0.5, 0.6) is 17.2 Å². The van der Waals surface area contributed by atoms with Crippen LogP contribution in [0.15, 0.2) is 36.4 Å². The summed E-state index contributed by atoms with van der Waals surface area (Å²) in [5, 5.41) is 5.35. The van der Waals surface area contributed by atoms with Crippen molar-refractivity contribution in [1.29, 1.82) is 0 Å². The normalized spacial score (nSPS) is 20.6. The van der Waals surface area contributed by atoms with Crippen LogP contribution in [0.3, 0.4) is 0 Å². The molecule has 3 aliphatic heterocycles. The summed E-state index contributed by atoms with van der Waals surface area (Å²) in [6.07, 6.45) is 0.253. The van der Waals surface area contributed by atoms with E-state index in [2.05, 4.69) is 10.6 Å². The number of ether oxygens (including phenoxy) is 3. The molecule has 5 rings (SSSR count). The number of carbonyl (C=O) groups excluding carboxylic acids is 4. The Morgan fingerprint density at radius 2 is 1.84 bits per heavy atom. The summed E-state index contributed by atoms with van der Waals surface area (Å²) < 4.78 is 16.2. The smallest absolute Gasteiger partial charge is 0.325 e. The summed E-state index contributed by atoms with van der Waals surface area (Å²) in [6.45, 7) is 1.11. The zero-order valence-corrected chi connectivity index (χ0v) is 17.1. The van der Waals surface area contributed by atoms with E-state index in [0.717, 1.165) is 4.90 Å². The minimum atomic E-state index is -1.27. The Morgan fingerprint density at radius 3 is 2.62 bits per heavy atom. The number of benzene rings is 2. The van der Waals surface area contributed by atoms with Gasteiger partial charge in [0.25, 0.3) is 5.91 Å². The van der Waals surface area contributed by atoms with E-state index < -0.39 is 29.9 Å². The second-order valence-corrected chi connectivity index (χ2v) is 7.68. The summed E-state index contributed by atoms with van der Waals surface area (Å²) in [7, 11) is 0. The first kappa shape index (κ1) is 19.9. The number of ketones is 1. The number of fused-ring (bicyclic) bond motifs is 3. The average molecular weight is 437 g/mol. The second kappa shape index (κ2) is 7.26. The lowest BCUT2D eigenvalue weighted by Crippen LogP contribution is -2.48. The molecule has 3 heterocycles. The topological polar surface area (TPSA) is 123 Å². The quantitative estimate of drug-likeness (QED) is 0.552. The molecule has 2 aromatic rings. The summed E-state index contributed by atoms with van der Waals surface area (Å²) in [6, 6.07) is 9.30. The van der Waals surface area contributed by atoms with E-state index in [4.69, 9.17) is 14.2 Å². The van der Waals surface area contributed by atoms with Crippen LogP contribution in [-0.4, -0.2) is 48.5 Å². The maximum atomic E-state index is 13.3. The molecule has 1 saturated heterocycles. The fourth-order valence-electron chi connectivity index (χ4n) is 4.19. The van der Waals surface area contributed by atoms with Gasteiger partial charge in [0.15, 0.2) is 22.8 Å². The fraction of sp³-hybridized carbons (Fsp3) is 0.273. The van der Waals surface area contributed by atoms with Gasteiger partial charge in [0.1, 0.15) is 12.3 Å². The molecule has 32 heavy (non-hydrogen) atoms. The van der Waals surface area contributed by atoms with E-state index in [1.807, 2.05) is 0 Å². The van der Waals surface area contributed by atoms with Crippen LogP contribution < -0.4 is 24.8 Å². The van der Waals surface area contributed by atoms with Gasteiger partial charge in [0.2, 0.25) is 12.7 Å². The molecule has 164 valence electrons. The van der Waals surface area contributed by atoms with E-state index in [1.54, 1.807) is 24.3 Å². The van der Waals surface area contributed by atoms with Gasteiger partial charge in [-0.05, 0) is 19.1 Å². The highest BCUT2D eigenvalue weighted by atomic mass is 16.7. The number of amides is 4. The number of hydrogen-bond acceptors (Lipinski definition) is 7. The Hall–Kier alpha value is -4.08. The predicted molar refractivity (Wildman–Crippen MR) is 110 cm³/mol. The summed E-state index contributed by atoms with van der Waals surface area (Å²) in [5.74, 6) is -0.130. The Balaban J connectivity index is 1.38. The molecule has 1 spiro atoms. The number of para-hydroxylation sites is 1. The third-order valence-corrected chi connectivity index (χ3v) is 5.73. The molecule has 10 heteroatoms. The molecule has 0 radical (unpaired) electrons. The van der Waals surface area contributed by atoms with Gasteiger partial charge in [0, 0.05) is 23.6 Å². The molecule has 4 amide bonds. The Morgan fingerprint density at radius 1 is 1.09 bits per heavy atom. The highest BCUT2D eigenvalue weighted by Gasteiger charge is 2.55. The lowest BCUT2D eigenvalue weighted by Gasteiger charge is -2.33. The molecule has 1 fully saturated rings. The largest absolute Gasteiger partial charge is 0.493 e. The lowest BCUT2D eigenvalue weighted by atomic mass is 9.84. The lowest BCUT2D eigenvalue weighted by molar-refractivity contribution is -0.135. The van der Waals surface area contributed by atoms with Crippen molar-refractivity contribution in [2.45, 2.75) is 18.9 Å². The van der Waals surface area contributed by atoms with Crippen molar-refractivity contribution in [1.82, 2.24) is 10.2 Å². The van der Waals surface area contributed by atoms with Crippen molar-refractivity contribution in [3.63, 3.8) is 0 Å².